The van der Waals surface area contributed by atoms with Crippen LogP contribution in [0.5, 0.6) is 0 Å². The molecule has 1 aromatic rings. The summed E-state index contributed by atoms with van der Waals surface area (Å²) in [5, 5.41) is 9.22. The molecule has 2 aliphatic rings. The third-order valence-electron chi connectivity index (χ3n) is 4.63. The third kappa shape index (κ3) is 2.65. The molecule has 3 N–H and O–H groups in total. The lowest BCUT2D eigenvalue weighted by Gasteiger charge is -2.31. The minimum Gasteiger partial charge on any atom is -0.478 e. The highest BCUT2D eigenvalue weighted by molar-refractivity contribution is 5.90. The number of carbonyl (C=O) groups excluding carboxylic acids is 1. The summed E-state index contributed by atoms with van der Waals surface area (Å²) in [6.45, 7) is 1.11. The van der Waals surface area contributed by atoms with E-state index in [9.17, 15) is 14.7 Å². The summed E-state index contributed by atoms with van der Waals surface area (Å²) in [4.78, 5) is 25.6. The monoisotopic (exact) mass is 288 g/mol. The first-order chi connectivity index (χ1) is 10.1. The van der Waals surface area contributed by atoms with Crippen molar-refractivity contribution in [1.29, 1.82) is 0 Å². The van der Waals surface area contributed by atoms with Gasteiger partial charge in [-0.05, 0) is 42.9 Å². The Hall–Kier alpha value is -1.88. The molecule has 1 aromatic carbocycles. The van der Waals surface area contributed by atoms with E-state index in [1.54, 1.807) is 12.1 Å². The fourth-order valence-corrected chi connectivity index (χ4v) is 3.50. The molecule has 0 bridgehead atoms. The molecular formula is C16H20N2O3. The van der Waals surface area contributed by atoms with Crippen LogP contribution in [0.25, 0.3) is 0 Å². The molecule has 1 amide bonds. The number of amides is 1. The zero-order valence-corrected chi connectivity index (χ0v) is 11.9. The van der Waals surface area contributed by atoms with E-state index in [2.05, 4.69) is 0 Å². The molecule has 0 aromatic heterocycles. The van der Waals surface area contributed by atoms with E-state index in [-0.39, 0.29) is 17.9 Å². The molecule has 2 unspecified atom stereocenters. The summed E-state index contributed by atoms with van der Waals surface area (Å²) in [6.07, 6.45) is 3.18. The number of carboxylic acid groups (broad SMARTS) is 1. The molecule has 21 heavy (non-hydrogen) atoms. The standard InChI is InChI=1S/C16H20N2O3/c17-12-5-4-10(8-12)15(19)18-7-6-13-11(9-18)2-1-3-14(13)16(20)21/h1-3,10,12H,4-9,17H2,(H,20,21). The first-order valence-corrected chi connectivity index (χ1v) is 7.44. The lowest BCUT2D eigenvalue weighted by molar-refractivity contribution is -0.136. The van der Waals surface area contributed by atoms with Gasteiger partial charge in [0.05, 0.1) is 5.56 Å². The first-order valence-electron chi connectivity index (χ1n) is 7.44. The Kier molecular flexibility index (Phi) is 3.68. The van der Waals surface area contributed by atoms with Crippen molar-refractivity contribution in [3.63, 3.8) is 0 Å². The number of benzene rings is 1. The van der Waals surface area contributed by atoms with Crippen LogP contribution < -0.4 is 5.73 Å². The maximum Gasteiger partial charge on any atom is 0.335 e. The molecule has 5 heteroatoms. The number of nitrogens with two attached hydrogens (primary N) is 1. The number of carboxylic acids is 1. The summed E-state index contributed by atoms with van der Waals surface area (Å²) < 4.78 is 0. The normalized spacial score (nSPS) is 24.7. The largest absolute Gasteiger partial charge is 0.478 e. The zero-order chi connectivity index (χ0) is 15.0. The maximum absolute atomic E-state index is 12.5. The van der Waals surface area contributed by atoms with Crippen LogP contribution >= 0.6 is 0 Å². The predicted molar refractivity (Wildman–Crippen MR) is 77.8 cm³/mol. The lowest BCUT2D eigenvalue weighted by atomic mass is 9.93. The molecule has 0 saturated heterocycles. The Bertz CT molecular complexity index is 585. The van der Waals surface area contributed by atoms with E-state index in [1.165, 1.54) is 0 Å². The lowest BCUT2D eigenvalue weighted by Crippen LogP contribution is -2.40. The number of carbonyl (C=O) groups is 2. The van der Waals surface area contributed by atoms with Gasteiger partial charge in [-0.2, -0.15) is 0 Å². The summed E-state index contributed by atoms with van der Waals surface area (Å²) >= 11 is 0. The van der Waals surface area contributed by atoms with Crippen LogP contribution in [-0.2, 0) is 17.8 Å². The van der Waals surface area contributed by atoms with Crippen LogP contribution in [0.3, 0.4) is 0 Å². The highest BCUT2D eigenvalue weighted by atomic mass is 16.4. The van der Waals surface area contributed by atoms with Gasteiger partial charge in [-0.1, -0.05) is 12.1 Å². The molecule has 2 atom stereocenters. The van der Waals surface area contributed by atoms with Crippen molar-refractivity contribution in [2.45, 2.75) is 38.3 Å². The molecule has 1 fully saturated rings. The Morgan fingerprint density at radius 3 is 2.76 bits per heavy atom. The van der Waals surface area contributed by atoms with Crippen molar-refractivity contribution < 1.29 is 14.7 Å². The number of fused-ring (bicyclic) bond motifs is 1. The van der Waals surface area contributed by atoms with Crippen LogP contribution in [0, 0.1) is 5.92 Å². The second-order valence-electron chi connectivity index (χ2n) is 6.03. The summed E-state index contributed by atoms with van der Waals surface area (Å²) in [7, 11) is 0. The molecule has 1 aliphatic heterocycles. The van der Waals surface area contributed by atoms with E-state index in [4.69, 9.17) is 5.73 Å². The molecule has 112 valence electrons. The second-order valence-corrected chi connectivity index (χ2v) is 6.03. The van der Waals surface area contributed by atoms with Crippen molar-refractivity contribution in [3.05, 3.63) is 34.9 Å². The Balaban J connectivity index is 1.77. The fourth-order valence-electron chi connectivity index (χ4n) is 3.50. The summed E-state index contributed by atoms with van der Waals surface area (Å²) in [5.41, 5.74) is 8.08. The number of aromatic carboxylic acids is 1. The number of rotatable bonds is 2. The van der Waals surface area contributed by atoms with E-state index in [0.29, 0.717) is 25.1 Å². The Labute approximate surface area is 123 Å². The number of nitrogens with zero attached hydrogens (tertiary/aromatic N) is 1. The highest BCUT2D eigenvalue weighted by Crippen LogP contribution is 2.29. The van der Waals surface area contributed by atoms with Gasteiger partial charge in [0.2, 0.25) is 5.91 Å². The third-order valence-corrected chi connectivity index (χ3v) is 4.63. The van der Waals surface area contributed by atoms with E-state index >= 15 is 0 Å². The van der Waals surface area contributed by atoms with Gasteiger partial charge in [-0.3, -0.25) is 4.79 Å². The van der Waals surface area contributed by atoms with Gasteiger partial charge in [0.25, 0.3) is 0 Å². The van der Waals surface area contributed by atoms with Gasteiger partial charge in [-0.25, -0.2) is 4.79 Å². The van der Waals surface area contributed by atoms with E-state index < -0.39 is 5.97 Å². The van der Waals surface area contributed by atoms with Gasteiger partial charge in [0.15, 0.2) is 0 Å². The van der Waals surface area contributed by atoms with Crippen LogP contribution in [0.4, 0.5) is 0 Å². The average molecular weight is 288 g/mol. The summed E-state index contributed by atoms with van der Waals surface area (Å²) in [6, 6.07) is 5.45. The fraction of sp³-hybridized carbons (Fsp3) is 0.500. The van der Waals surface area contributed by atoms with Gasteiger partial charge in [-0.15, -0.1) is 0 Å². The zero-order valence-electron chi connectivity index (χ0n) is 11.9. The van der Waals surface area contributed by atoms with Gasteiger partial charge >= 0.3 is 5.97 Å². The smallest absolute Gasteiger partial charge is 0.335 e. The molecular weight excluding hydrogens is 268 g/mol. The quantitative estimate of drug-likeness (QED) is 0.861. The predicted octanol–water partition coefficient (Wildman–Crippen LogP) is 1.40. The van der Waals surface area contributed by atoms with Crippen molar-refractivity contribution in [2.75, 3.05) is 6.54 Å². The molecule has 0 radical (unpaired) electrons. The SMILES string of the molecule is NC1CCC(C(=O)N2CCc3c(cccc3C(=O)O)C2)C1. The van der Waals surface area contributed by atoms with Crippen LogP contribution in [-0.4, -0.2) is 34.5 Å². The van der Waals surface area contributed by atoms with Crippen molar-refractivity contribution in [1.82, 2.24) is 4.90 Å². The van der Waals surface area contributed by atoms with Crippen LogP contribution in [0.2, 0.25) is 0 Å². The minimum absolute atomic E-state index is 0.0456. The molecule has 1 saturated carbocycles. The number of hydrogen-bond acceptors (Lipinski definition) is 3. The van der Waals surface area contributed by atoms with Crippen LogP contribution in [0.1, 0.15) is 40.7 Å². The second kappa shape index (κ2) is 5.48. The van der Waals surface area contributed by atoms with Gasteiger partial charge < -0.3 is 15.7 Å². The van der Waals surface area contributed by atoms with Gasteiger partial charge in [0.1, 0.15) is 0 Å². The maximum atomic E-state index is 12.5. The van der Waals surface area contributed by atoms with Gasteiger partial charge in [0, 0.05) is 25.0 Å². The van der Waals surface area contributed by atoms with Crippen molar-refractivity contribution in [2.24, 2.45) is 11.7 Å². The molecule has 1 aliphatic carbocycles. The van der Waals surface area contributed by atoms with E-state index in [0.717, 1.165) is 30.4 Å². The topological polar surface area (TPSA) is 83.6 Å². The van der Waals surface area contributed by atoms with Crippen molar-refractivity contribution in [3.8, 4) is 0 Å². The average Bonchev–Trinajstić information content (AvgIpc) is 2.91. The Morgan fingerprint density at radius 1 is 1.29 bits per heavy atom. The van der Waals surface area contributed by atoms with Crippen molar-refractivity contribution >= 4 is 11.9 Å². The number of hydrogen-bond donors (Lipinski definition) is 2. The molecule has 0 spiro atoms. The first kappa shape index (κ1) is 14.1. The highest BCUT2D eigenvalue weighted by Gasteiger charge is 2.33. The molecule has 5 nitrogen and oxygen atoms in total. The van der Waals surface area contributed by atoms with Crippen LogP contribution in [0.15, 0.2) is 18.2 Å². The van der Waals surface area contributed by atoms with E-state index in [1.807, 2.05) is 11.0 Å². The summed E-state index contributed by atoms with van der Waals surface area (Å²) in [5.74, 6) is -0.674. The molecule has 3 rings (SSSR count). The Morgan fingerprint density at radius 2 is 2.10 bits per heavy atom. The molecule has 1 heterocycles. The minimum atomic E-state index is -0.895.